The summed E-state index contributed by atoms with van der Waals surface area (Å²) in [6.45, 7) is 12.0. The molecule has 16 heavy (non-hydrogen) atoms. The SMILES string of the molecule is COCCC(NCCN(C)C(C)C)C(C)C. The molecule has 98 valence electrons. The molecule has 0 rings (SSSR count). The van der Waals surface area contributed by atoms with Crippen molar-refractivity contribution in [3.8, 4) is 0 Å². The Bertz CT molecular complexity index is 160. The third-order valence-electron chi connectivity index (χ3n) is 3.19. The van der Waals surface area contributed by atoms with Gasteiger partial charge in [-0.15, -0.1) is 0 Å². The van der Waals surface area contributed by atoms with Gasteiger partial charge in [-0.2, -0.15) is 0 Å². The average molecular weight is 230 g/mol. The van der Waals surface area contributed by atoms with Crippen LogP contribution in [0.3, 0.4) is 0 Å². The topological polar surface area (TPSA) is 24.5 Å². The maximum absolute atomic E-state index is 5.14. The van der Waals surface area contributed by atoms with Crippen molar-refractivity contribution >= 4 is 0 Å². The van der Waals surface area contributed by atoms with Crippen molar-refractivity contribution in [1.29, 1.82) is 0 Å². The number of likely N-dealkylation sites (N-methyl/N-ethyl adjacent to an activating group) is 1. The normalized spacial score (nSPS) is 14.1. The molecule has 0 aromatic carbocycles. The lowest BCUT2D eigenvalue weighted by molar-refractivity contribution is 0.171. The van der Waals surface area contributed by atoms with Crippen LogP contribution in [0.15, 0.2) is 0 Å². The number of nitrogens with one attached hydrogen (secondary N) is 1. The number of hydrogen-bond donors (Lipinski definition) is 1. The van der Waals surface area contributed by atoms with E-state index in [-0.39, 0.29) is 0 Å². The molecule has 0 saturated heterocycles. The molecule has 0 fully saturated rings. The summed E-state index contributed by atoms with van der Waals surface area (Å²) in [6, 6.07) is 1.19. The van der Waals surface area contributed by atoms with Crippen LogP contribution in [0, 0.1) is 5.92 Å². The number of ether oxygens (including phenoxy) is 1. The molecule has 0 aliphatic carbocycles. The second-order valence-corrected chi connectivity index (χ2v) is 5.16. The largest absolute Gasteiger partial charge is 0.385 e. The maximum Gasteiger partial charge on any atom is 0.0477 e. The second kappa shape index (κ2) is 8.97. The van der Waals surface area contributed by atoms with Crippen LogP contribution < -0.4 is 5.32 Å². The molecule has 0 amide bonds. The van der Waals surface area contributed by atoms with Gasteiger partial charge in [-0.1, -0.05) is 13.8 Å². The van der Waals surface area contributed by atoms with Crippen molar-refractivity contribution in [3.63, 3.8) is 0 Å². The summed E-state index contributed by atoms with van der Waals surface area (Å²) in [5, 5.41) is 3.62. The second-order valence-electron chi connectivity index (χ2n) is 5.16. The van der Waals surface area contributed by atoms with Gasteiger partial charge in [-0.3, -0.25) is 0 Å². The molecule has 0 aromatic heterocycles. The van der Waals surface area contributed by atoms with Gasteiger partial charge < -0.3 is 15.0 Å². The van der Waals surface area contributed by atoms with Crippen molar-refractivity contribution in [3.05, 3.63) is 0 Å². The maximum atomic E-state index is 5.14. The van der Waals surface area contributed by atoms with Gasteiger partial charge in [0.1, 0.15) is 0 Å². The summed E-state index contributed by atoms with van der Waals surface area (Å²) >= 11 is 0. The quantitative estimate of drug-likeness (QED) is 0.655. The number of nitrogens with zero attached hydrogens (tertiary/aromatic N) is 1. The molecular weight excluding hydrogens is 200 g/mol. The van der Waals surface area contributed by atoms with Crippen LogP contribution in [-0.4, -0.2) is 50.8 Å². The molecule has 1 unspecified atom stereocenters. The van der Waals surface area contributed by atoms with Gasteiger partial charge in [-0.25, -0.2) is 0 Å². The molecule has 0 heterocycles. The minimum atomic E-state index is 0.570. The lowest BCUT2D eigenvalue weighted by atomic mass is 10.0. The predicted molar refractivity (Wildman–Crippen MR) is 70.9 cm³/mol. The molecule has 0 aromatic rings. The minimum Gasteiger partial charge on any atom is -0.385 e. The van der Waals surface area contributed by atoms with E-state index in [1.54, 1.807) is 7.11 Å². The van der Waals surface area contributed by atoms with Crippen LogP contribution in [0.2, 0.25) is 0 Å². The van der Waals surface area contributed by atoms with Crippen molar-refractivity contribution in [2.45, 2.75) is 46.2 Å². The predicted octanol–water partition coefficient (Wildman–Crippen LogP) is 1.98. The number of hydrogen-bond acceptors (Lipinski definition) is 3. The molecule has 0 radical (unpaired) electrons. The van der Waals surface area contributed by atoms with Crippen molar-refractivity contribution in [1.82, 2.24) is 10.2 Å². The first-order chi connectivity index (χ1) is 7.49. The summed E-state index contributed by atoms with van der Waals surface area (Å²) in [5.41, 5.74) is 0. The van der Waals surface area contributed by atoms with Gasteiger partial charge in [0.15, 0.2) is 0 Å². The number of rotatable bonds is 9. The lowest BCUT2D eigenvalue weighted by Crippen LogP contribution is -2.40. The summed E-state index contributed by atoms with van der Waals surface area (Å²) in [4.78, 5) is 2.36. The van der Waals surface area contributed by atoms with E-state index < -0.39 is 0 Å². The fraction of sp³-hybridized carbons (Fsp3) is 1.00. The van der Waals surface area contributed by atoms with Crippen LogP contribution in [-0.2, 0) is 4.74 Å². The molecule has 0 saturated carbocycles. The molecule has 3 nitrogen and oxygen atoms in total. The average Bonchev–Trinajstić information content (AvgIpc) is 2.21. The van der Waals surface area contributed by atoms with E-state index in [0.29, 0.717) is 18.0 Å². The molecule has 1 N–H and O–H groups in total. The third-order valence-corrected chi connectivity index (χ3v) is 3.19. The van der Waals surface area contributed by atoms with Gasteiger partial charge in [0.2, 0.25) is 0 Å². The van der Waals surface area contributed by atoms with E-state index in [1.165, 1.54) is 0 Å². The molecule has 0 aliphatic rings. The van der Waals surface area contributed by atoms with Crippen molar-refractivity contribution in [2.24, 2.45) is 5.92 Å². The van der Waals surface area contributed by atoms with E-state index in [0.717, 1.165) is 26.1 Å². The van der Waals surface area contributed by atoms with Gasteiger partial charge in [0.25, 0.3) is 0 Å². The standard InChI is InChI=1S/C13H30N2O/c1-11(2)13(7-10-16-6)14-8-9-15(5)12(3)4/h11-14H,7-10H2,1-6H3. The monoisotopic (exact) mass is 230 g/mol. The Balaban J connectivity index is 3.75. The summed E-state index contributed by atoms with van der Waals surface area (Å²) < 4.78 is 5.14. The zero-order valence-corrected chi connectivity index (χ0v) is 11.9. The number of methoxy groups -OCH3 is 1. The van der Waals surface area contributed by atoms with Crippen LogP contribution in [0.4, 0.5) is 0 Å². The third kappa shape index (κ3) is 7.20. The zero-order chi connectivity index (χ0) is 12.6. The van der Waals surface area contributed by atoms with Gasteiger partial charge >= 0.3 is 0 Å². The Kier molecular flexibility index (Phi) is 8.90. The highest BCUT2D eigenvalue weighted by molar-refractivity contribution is 4.71. The van der Waals surface area contributed by atoms with Crippen molar-refractivity contribution in [2.75, 3.05) is 33.9 Å². The van der Waals surface area contributed by atoms with Crippen LogP contribution >= 0.6 is 0 Å². The Morgan fingerprint density at radius 1 is 1.19 bits per heavy atom. The molecular formula is C13H30N2O. The molecule has 1 atom stereocenters. The van der Waals surface area contributed by atoms with Gasteiger partial charge in [0.05, 0.1) is 0 Å². The van der Waals surface area contributed by atoms with E-state index in [9.17, 15) is 0 Å². The Hall–Kier alpha value is -0.120. The van der Waals surface area contributed by atoms with Crippen LogP contribution in [0.1, 0.15) is 34.1 Å². The fourth-order valence-corrected chi connectivity index (χ4v) is 1.60. The van der Waals surface area contributed by atoms with E-state index in [1.807, 2.05) is 0 Å². The first kappa shape index (κ1) is 15.9. The smallest absolute Gasteiger partial charge is 0.0477 e. The highest BCUT2D eigenvalue weighted by atomic mass is 16.5. The fourth-order valence-electron chi connectivity index (χ4n) is 1.60. The highest BCUT2D eigenvalue weighted by Gasteiger charge is 2.12. The minimum absolute atomic E-state index is 0.570. The summed E-state index contributed by atoms with van der Waals surface area (Å²) in [7, 11) is 3.94. The lowest BCUT2D eigenvalue weighted by Gasteiger charge is -2.25. The Morgan fingerprint density at radius 3 is 2.25 bits per heavy atom. The highest BCUT2D eigenvalue weighted by Crippen LogP contribution is 2.05. The van der Waals surface area contributed by atoms with Gasteiger partial charge in [0, 0.05) is 38.9 Å². The Morgan fingerprint density at radius 2 is 1.81 bits per heavy atom. The molecule has 0 aliphatic heterocycles. The van der Waals surface area contributed by atoms with E-state index in [4.69, 9.17) is 4.74 Å². The molecule has 0 spiro atoms. The van der Waals surface area contributed by atoms with Crippen molar-refractivity contribution < 1.29 is 4.74 Å². The van der Waals surface area contributed by atoms with Crippen LogP contribution in [0.25, 0.3) is 0 Å². The van der Waals surface area contributed by atoms with Crippen LogP contribution in [0.5, 0.6) is 0 Å². The summed E-state index contributed by atoms with van der Waals surface area (Å²) in [6.07, 6.45) is 1.10. The Labute approximate surface area is 102 Å². The van der Waals surface area contributed by atoms with Gasteiger partial charge in [-0.05, 0) is 33.2 Å². The summed E-state index contributed by atoms with van der Waals surface area (Å²) in [5.74, 6) is 0.666. The first-order valence-electron chi connectivity index (χ1n) is 6.41. The van der Waals surface area contributed by atoms with E-state index in [2.05, 4.69) is 45.0 Å². The zero-order valence-electron chi connectivity index (χ0n) is 11.9. The molecule has 3 heteroatoms. The van der Waals surface area contributed by atoms with E-state index >= 15 is 0 Å². The molecule has 0 bridgehead atoms. The first-order valence-corrected chi connectivity index (χ1v) is 6.41.